The van der Waals surface area contributed by atoms with Crippen LogP contribution in [0.5, 0.6) is 0 Å². The molecule has 0 bridgehead atoms. The Bertz CT molecular complexity index is 958. The lowest BCUT2D eigenvalue weighted by Crippen LogP contribution is -2.29. The molecule has 1 N–H and O–H groups in total. The first-order chi connectivity index (χ1) is 12.8. The Morgan fingerprint density at radius 1 is 1.07 bits per heavy atom. The third-order valence-corrected chi connectivity index (χ3v) is 6.20. The van der Waals surface area contributed by atoms with Crippen molar-refractivity contribution in [2.24, 2.45) is 0 Å². The Balaban J connectivity index is 2.23. The second kappa shape index (κ2) is 7.95. The van der Waals surface area contributed by atoms with Crippen LogP contribution in [0.4, 0.5) is 5.69 Å². The van der Waals surface area contributed by atoms with Crippen molar-refractivity contribution in [2.75, 3.05) is 17.6 Å². The molecule has 0 aromatic heterocycles. The molecule has 0 heterocycles. The number of anilines is 1. The van der Waals surface area contributed by atoms with Crippen LogP contribution >= 0.6 is 0 Å². The van der Waals surface area contributed by atoms with Crippen molar-refractivity contribution < 1.29 is 13.2 Å². The van der Waals surface area contributed by atoms with Crippen LogP contribution in [-0.2, 0) is 15.4 Å². The first-order valence-corrected chi connectivity index (χ1v) is 11.1. The molecule has 28 heavy (non-hydrogen) atoms. The number of nitrogens with one attached hydrogen (secondary N) is 1. The van der Waals surface area contributed by atoms with Crippen molar-refractivity contribution in [2.45, 2.75) is 46.1 Å². The van der Waals surface area contributed by atoms with Gasteiger partial charge in [-0.3, -0.25) is 9.10 Å². The molecule has 0 saturated carbocycles. The van der Waals surface area contributed by atoms with Crippen LogP contribution in [0.3, 0.4) is 0 Å². The predicted octanol–water partition coefficient (Wildman–Crippen LogP) is 4.18. The fourth-order valence-corrected chi connectivity index (χ4v) is 3.57. The average Bonchev–Trinajstić information content (AvgIpc) is 2.59. The van der Waals surface area contributed by atoms with Gasteiger partial charge < -0.3 is 5.32 Å². The number of benzene rings is 2. The van der Waals surface area contributed by atoms with E-state index in [2.05, 4.69) is 38.2 Å². The second-order valence-electron chi connectivity index (χ2n) is 8.25. The molecule has 2 aromatic carbocycles. The van der Waals surface area contributed by atoms with Crippen LogP contribution in [0.25, 0.3) is 0 Å². The smallest absolute Gasteiger partial charge is 0.252 e. The first kappa shape index (κ1) is 22.0. The number of sulfonamides is 1. The molecule has 1 atom stereocenters. The number of amides is 1. The highest BCUT2D eigenvalue weighted by Gasteiger charge is 2.20. The van der Waals surface area contributed by atoms with E-state index in [0.717, 1.165) is 11.8 Å². The maximum absolute atomic E-state index is 12.8. The van der Waals surface area contributed by atoms with E-state index in [1.165, 1.54) is 16.9 Å². The summed E-state index contributed by atoms with van der Waals surface area (Å²) in [7, 11) is -1.92. The molecule has 0 aliphatic carbocycles. The van der Waals surface area contributed by atoms with E-state index in [4.69, 9.17) is 0 Å². The molecule has 0 aliphatic heterocycles. The molecule has 0 saturated heterocycles. The Hall–Kier alpha value is -2.34. The molecule has 2 rings (SSSR count). The summed E-state index contributed by atoms with van der Waals surface area (Å²) < 4.78 is 24.9. The number of carbonyl (C=O) groups excluding carboxylic acids is 1. The molecule has 0 aliphatic rings. The standard InChI is InChI=1S/C22H30N2O3S/c1-15-19(9-8-10-20(15)24(6)28(7,26)27)21(25)23-16(2)17-11-13-18(14-12-17)22(3,4)5/h8-14,16H,1-7H3,(H,23,25). The predicted molar refractivity (Wildman–Crippen MR) is 115 cm³/mol. The quantitative estimate of drug-likeness (QED) is 0.816. The van der Waals surface area contributed by atoms with Gasteiger partial charge in [-0.05, 0) is 48.1 Å². The van der Waals surface area contributed by atoms with Crippen molar-refractivity contribution in [3.63, 3.8) is 0 Å². The highest BCUT2D eigenvalue weighted by Crippen LogP contribution is 2.26. The van der Waals surface area contributed by atoms with Gasteiger partial charge in [0.05, 0.1) is 18.0 Å². The number of hydrogen-bond donors (Lipinski definition) is 1. The van der Waals surface area contributed by atoms with Gasteiger partial charge in [-0.2, -0.15) is 0 Å². The summed E-state index contributed by atoms with van der Waals surface area (Å²) in [5.74, 6) is -0.228. The van der Waals surface area contributed by atoms with Gasteiger partial charge >= 0.3 is 0 Å². The van der Waals surface area contributed by atoms with Crippen LogP contribution in [0.15, 0.2) is 42.5 Å². The first-order valence-electron chi connectivity index (χ1n) is 9.27. The number of rotatable bonds is 5. The van der Waals surface area contributed by atoms with Crippen LogP contribution < -0.4 is 9.62 Å². The van der Waals surface area contributed by atoms with Gasteiger partial charge in [0.15, 0.2) is 0 Å². The van der Waals surface area contributed by atoms with Crippen molar-refractivity contribution in [1.82, 2.24) is 5.32 Å². The summed E-state index contributed by atoms with van der Waals surface area (Å²) in [6.45, 7) is 10.2. The lowest BCUT2D eigenvalue weighted by molar-refractivity contribution is 0.0939. The molecule has 2 aromatic rings. The minimum absolute atomic E-state index is 0.0776. The van der Waals surface area contributed by atoms with Crippen molar-refractivity contribution in [1.29, 1.82) is 0 Å². The second-order valence-corrected chi connectivity index (χ2v) is 10.3. The molecular weight excluding hydrogens is 372 g/mol. The van der Waals surface area contributed by atoms with Crippen molar-refractivity contribution in [3.05, 3.63) is 64.7 Å². The monoisotopic (exact) mass is 402 g/mol. The van der Waals surface area contributed by atoms with E-state index >= 15 is 0 Å². The van der Waals surface area contributed by atoms with Gasteiger partial charge in [-0.15, -0.1) is 0 Å². The Morgan fingerprint density at radius 2 is 1.64 bits per heavy atom. The summed E-state index contributed by atoms with van der Waals surface area (Å²) >= 11 is 0. The zero-order valence-electron chi connectivity index (χ0n) is 17.7. The normalized spacial score (nSPS) is 13.1. The fourth-order valence-electron chi connectivity index (χ4n) is 3.02. The Labute approximate surface area is 168 Å². The van der Waals surface area contributed by atoms with E-state index in [9.17, 15) is 13.2 Å². The van der Waals surface area contributed by atoms with E-state index in [1.807, 2.05) is 19.1 Å². The Morgan fingerprint density at radius 3 is 2.14 bits per heavy atom. The van der Waals surface area contributed by atoms with Gasteiger partial charge in [0.25, 0.3) is 5.91 Å². The summed E-state index contributed by atoms with van der Waals surface area (Å²) in [6.07, 6.45) is 1.14. The van der Waals surface area contributed by atoms with Gasteiger partial charge in [0.1, 0.15) is 0 Å². The molecule has 0 fully saturated rings. The number of nitrogens with zero attached hydrogens (tertiary/aromatic N) is 1. The van der Waals surface area contributed by atoms with E-state index in [1.54, 1.807) is 25.1 Å². The van der Waals surface area contributed by atoms with E-state index < -0.39 is 10.0 Å². The third kappa shape index (κ3) is 4.93. The summed E-state index contributed by atoms with van der Waals surface area (Å²) in [6, 6.07) is 13.2. The van der Waals surface area contributed by atoms with Crippen LogP contribution in [0, 0.1) is 6.92 Å². The van der Waals surface area contributed by atoms with Crippen LogP contribution in [0.2, 0.25) is 0 Å². The van der Waals surface area contributed by atoms with Gasteiger partial charge in [-0.1, -0.05) is 51.1 Å². The molecular formula is C22H30N2O3S. The number of hydrogen-bond acceptors (Lipinski definition) is 3. The average molecular weight is 403 g/mol. The van der Waals surface area contributed by atoms with E-state index in [0.29, 0.717) is 16.8 Å². The van der Waals surface area contributed by atoms with Crippen molar-refractivity contribution >= 4 is 21.6 Å². The Kier molecular flexibility index (Phi) is 6.24. The molecule has 0 spiro atoms. The zero-order valence-corrected chi connectivity index (χ0v) is 18.5. The van der Waals surface area contributed by atoms with Crippen LogP contribution in [0.1, 0.15) is 60.8 Å². The topological polar surface area (TPSA) is 66.5 Å². The molecule has 1 amide bonds. The van der Waals surface area contributed by atoms with E-state index in [-0.39, 0.29) is 17.4 Å². The lowest BCUT2D eigenvalue weighted by atomic mass is 9.86. The molecule has 0 radical (unpaired) electrons. The van der Waals surface area contributed by atoms with Gasteiger partial charge in [0, 0.05) is 12.6 Å². The highest BCUT2D eigenvalue weighted by atomic mass is 32.2. The maximum Gasteiger partial charge on any atom is 0.252 e. The summed E-state index contributed by atoms with van der Waals surface area (Å²) in [4.78, 5) is 12.8. The molecule has 1 unspecified atom stereocenters. The lowest BCUT2D eigenvalue weighted by Gasteiger charge is -2.22. The van der Waals surface area contributed by atoms with Crippen molar-refractivity contribution in [3.8, 4) is 0 Å². The SMILES string of the molecule is Cc1c(C(=O)NC(C)c2ccc(C(C)(C)C)cc2)cccc1N(C)S(C)(=O)=O. The molecule has 6 heteroatoms. The minimum Gasteiger partial charge on any atom is -0.346 e. The molecule has 5 nitrogen and oxygen atoms in total. The zero-order chi connectivity index (χ0) is 21.3. The largest absolute Gasteiger partial charge is 0.346 e. The van der Waals surface area contributed by atoms with Gasteiger partial charge in [0.2, 0.25) is 10.0 Å². The minimum atomic E-state index is -3.40. The maximum atomic E-state index is 12.8. The van der Waals surface area contributed by atoms with Crippen LogP contribution in [-0.4, -0.2) is 27.6 Å². The number of carbonyl (C=O) groups is 1. The highest BCUT2D eigenvalue weighted by molar-refractivity contribution is 7.92. The third-order valence-electron chi connectivity index (χ3n) is 5.01. The molecule has 152 valence electrons. The summed E-state index contributed by atoms with van der Waals surface area (Å²) in [5.41, 5.74) is 3.92. The fraction of sp³-hybridized carbons (Fsp3) is 0.409. The van der Waals surface area contributed by atoms with Gasteiger partial charge in [-0.25, -0.2) is 8.42 Å². The summed E-state index contributed by atoms with van der Waals surface area (Å²) in [5, 5.41) is 3.01.